The molecule has 0 saturated heterocycles. The molecule has 4 N–H and O–H groups in total. The van der Waals surface area contributed by atoms with Gasteiger partial charge in [-0.2, -0.15) is 23.5 Å². The van der Waals surface area contributed by atoms with E-state index in [4.69, 9.17) is 11.5 Å². The lowest BCUT2D eigenvalue weighted by atomic mass is 9.93. The van der Waals surface area contributed by atoms with Crippen LogP contribution in [0.2, 0.25) is 0 Å². The standard InChI is InChI=1S/C25H36N2OS2.ClH/c26-16-8-7-15-24(27)25(28)23(20-30-19-22-12-5-2-6-13-22)14-9-17-29-18-21-10-3-1-4-11-21;/h1-6,10-13,23-24H,7-9,14-20,26-27H2;1H. The Morgan fingerprint density at radius 1 is 0.806 bits per heavy atom. The monoisotopic (exact) mass is 480 g/mol. The molecule has 6 heteroatoms. The smallest absolute Gasteiger partial charge is 0.153 e. The average molecular weight is 481 g/mol. The Hall–Kier alpha value is -0.980. The maximum atomic E-state index is 13.0. The minimum atomic E-state index is -0.351. The van der Waals surface area contributed by atoms with Crippen LogP contribution in [0.1, 0.15) is 43.2 Å². The molecule has 2 aromatic rings. The molecule has 2 aromatic carbocycles. The summed E-state index contributed by atoms with van der Waals surface area (Å²) < 4.78 is 0. The molecule has 0 bridgehead atoms. The third kappa shape index (κ3) is 12.0. The summed E-state index contributed by atoms with van der Waals surface area (Å²) >= 11 is 3.79. The number of nitrogens with two attached hydrogens (primary N) is 2. The fraction of sp³-hybridized carbons (Fsp3) is 0.480. The first-order valence-corrected chi connectivity index (χ1v) is 13.2. The van der Waals surface area contributed by atoms with Gasteiger partial charge in [-0.1, -0.05) is 67.1 Å². The van der Waals surface area contributed by atoms with Gasteiger partial charge in [0.25, 0.3) is 0 Å². The van der Waals surface area contributed by atoms with Crippen LogP contribution in [0, 0.1) is 5.92 Å². The van der Waals surface area contributed by atoms with Crippen LogP contribution < -0.4 is 11.5 Å². The van der Waals surface area contributed by atoms with Crippen LogP contribution in [-0.4, -0.2) is 29.9 Å². The number of ketones is 1. The summed E-state index contributed by atoms with van der Waals surface area (Å²) in [5, 5.41) is 0. The van der Waals surface area contributed by atoms with E-state index in [1.165, 1.54) is 11.1 Å². The van der Waals surface area contributed by atoms with Crippen molar-refractivity contribution in [1.29, 1.82) is 0 Å². The number of rotatable bonds is 16. The largest absolute Gasteiger partial charge is 0.330 e. The Bertz CT molecular complexity index is 703. The van der Waals surface area contributed by atoms with Gasteiger partial charge in [0.2, 0.25) is 0 Å². The Kier molecular flexibility index (Phi) is 15.9. The molecule has 0 fully saturated rings. The predicted octanol–water partition coefficient (Wildman–Crippen LogP) is 5.70. The van der Waals surface area contributed by atoms with Crippen molar-refractivity contribution in [2.75, 3.05) is 18.1 Å². The molecule has 0 aliphatic carbocycles. The lowest BCUT2D eigenvalue weighted by molar-refractivity contribution is -0.123. The Labute approximate surface area is 202 Å². The fourth-order valence-corrected chi connectivity index (χ4v) is 5.46. The van der Waals surface area contributed by atoms with Crippen molar-refractivity contribution in [3.05, 3.63) is 71.8 Å². The second kappa shape index (κ2) is 17.6. The van der Waals surface area contributed by atoms with Gasteiger partial charge in [0.15, 0.2) is 5.78 Å². The number of benzene rings is 2. The molecule has 0 amide bonds. The Morgan fingerprint density at radius 2 is 1.39 bits per heavy atom. The lowest BCUT2D eigenvalue weighted by Crippen LogP contribution is -2.36. The molecule has 3 nitrogen and oxygen atoms in total. The number of unbranched alkanes of at least 4 members (excludes halogenated alkanes) is 1. The van der Waals surface area contributed by atoms with Gasteiger partial charge in [-0.15, -0.1) is 12.4 Å². The van der Waals surface area contributed by atoms with Crippen molar-refractivity contribution in [3.8, 4) is 0 Å². The zero-order valence-corrected chi connectivity index (χ0v) is 20.7. The summed E-state index contributed by atoms with van der Waals surface area (Å²) in [5.41, 5.74) is 14.5. The van der Waals surface area contributed by atoms with Crippen LogP contribution in [0.3, 0.4) is 0 Å². The minimum Gasteiger partial charge on any atom is -0.330 e. The lowest BCUT2D eigenvalue weighted by Gasteiger charge is -2.20. The fourth-order valence-electron chi connectivity index (χ4n) is 3.35. The van der Waals surface area contributed by atoms with E-state index in [9.17, 15) is 4.79 Å². The SMILES string of the molecule is Cl.NCCCCC(N)C(=O)C(CCCSCc1ccccc1)CSCc1ccccc1. The molecule has 0 spiro atoms. The highest BCUT2D eigenvalue weighted by Gasteiger charge is 2.23. The van der Waals surface area contributed by atoms with E-state index in [1.807, 2.05) is 35.7 Å². The molecule has 2 rings (SSSR count). The first kappa shape index (κ1) is 28.1. The summed E-state index contributed by atoms with van der Waals surface area (Å²) in [7, 11) is 0. The maximum absolute atomic E-state index is 13.0. The topological polar surface area (TPSA) is 69.1 Å². The molecule has 0 heterocycles. The third-order valence-electron chi connectivity index (χ3n) is 5.12. The van der Waals surface area contributed by atoms with E-state index in [1.54, 1.807) is 0 Å². The second-order valence-electron chi connectivity index (χ2n) is 7.67. The first-order valence-electron chi connectivity index (χ1n) is 10.9. The van der Waals surface area contributed by atoms with Gasteiger partial charge in [-0.25, -0.2) is 0 Å². The van der Waals surface area contributed by atoms with Gasteiger partial charge in [0.05, 0.1) is 6.04 Å². The summed E-state index contributed by atoms with van der Waals surface area (Å²) in [6.45, 7) is 0.663. The van der Waals surface area contributed by atoms with Crippen molar-refractivity contribution in [3.63, 3.8) is 0 Å². The van der Waals surface area contributed by atoms with E-state index in [0.717, 1.165) is 55.1 Å². The number of carbonyl (C=O) groups excluding carboxylic acids is 1. The van der Waals surface area contributed by atoms with Gasteiger partial charge in [-0.3, -0.25) is 4.79 Å². The molecule has 0 radical (unpaired) electrons. The number of hydrogen-bond acceptors (Lipinski definition) is 5. The molecular weight excluding hydrogens is 444 g/mol. The number of carbonyl (C=O) groups is 1. The first-order chi connectivity index (χ1) is 14.7. The number of Topliss-reactive ketones (excluding diaryl/α,β-unsaturated/α-hetero) is 1. The van der Waals surface area contributed by atoms with E-state index in [0.29, 0.717) is 6.54 Å². The highest BCUT2D eigenvalue weighted by atomic mass is 35.5. The molecule has 0 saturated carbocycles. The van der Waals surface area contributed by atoms with Gasteiger partial charge >= 0.3 is 0 Å². The molecule has 2 unspecified atom stereocenters. The third-order valence-corrected chi connectivity index (χ3v) is 7.41. The molecule has 0 aliphatic heterocycles. The van der Waals surface area contributed by atoms with Crippen LogP contribution in [0.5, 0.6) is 0 Å². The molecule has 2 atom stereocenters. The van der Waals surface area contributed by atoms with E-state index >= 15 is 0 Å². The molecular formula is C25H37ClN2OS2. The zero-order chi connectivity index (χ0) is 21.4. The highest BCUT2D eigenvalue weighted by molar-refractivity contribution is 7.98. The number of thioether (sulfide) groups is 2. The van der Waals surface area contributed by atoms with Gasteiger partial charge in [-0.05, 0) is 49.1 Å². The van der Waals surface area contributed by atoms with E-state index in [2.05, 4.69) is 48.5 Å². The van der Waals surface area contributed by atoms with Crippen LogP contribution in [0.4, 0.5) is 0 Å². The number of halogens is 1. The van der Waals surface area contributed by atoms with E-state index < -0.39 is 0 Å². The van der Waals surface area contributed by atoms with Crippen molar-refractivity contribution in [1.82, 2.24) is 0 Å². The van der Waals surface area contributed by atoms with Crippen LogP contribution in [0.25, 0.3) is 0 Å². The maximum Gasteiger partial charge on any atom is 0.153 e. The molecule has 31 heavy (non-hydrogen) atoms. The van der Waals surface area contributed by atoms with E-state index in [-0.39, 0.29) is 30.2 Å². The minimum absolute atomic E-state index is 0. The predicted molar refractivity (Wildman–Crippen MR) is 141 cm³/mol. The number of hydrogen-bond donors (Lipinski definition) is 2. The van der Waals surface area contributed by atoms with Crippen molar-refractivity contribution in [2.24, 2.45) is 17.4 Å². The van der Waals surface area contributed by atoms with Crippen LogP contribution in [0.15, 0.2) is 60.7 Å². The van der Waals surface area contributed by atoms with Crippen molar-refractivity contribution >= 4 is 41.7 Å². The summed E-state index contributed by atoms with van der Waals surface area (Å²) in [6.07, 6.45) is 4.59. The summed E-state index contributed by atoms with van der Waals surface area (Å²) in [5.74, 6) is 4.17. The van der Waals surface area contributed by atoms with Crippen LogP contribution in [-0.2, 0) is 16.3 Å². The average Bonchev–Trinajstić information content (AvgIpc) is 2.78. The van der Waals surface area contributed by atoms with Gasteiger partial charge in [0.1, 0.15) is 0 Å². The second-order valence-corrected chi connectivity index (χ2v) is 9.81. The molecule has 172 valence electrons. The molecule has 0 aliphatic rings. The van der Waals surface area contributed by atoms with Crippen molar-refractivity contribution < 1.29 is 4.79 Å². The van der Waals surface area contributed by atoms with Crippen molar-refractivity contribution in [2.45, 2.75) is 49.7 Å². The Balaban J connectivity index is 0.00000480. The van der Waals surface area contributed by atoms with Crippen LogP contribution >= 0.6 is 35.9 Å². The van der Waals surface area contributed by atoms with Gasteiger partial charge in [0, 0.05) is 23.2 Å². The Morgan fingerprint density at radius 3 is 1.97 bits per heavy atom. The molecule has 0 aromatic heterocycles. The normalized spacial score (nSPS) is 12.7. The zero-order valence-electron chi connectivity index (χ0n) is 18.3. The summed E-state index contributed by atoms with van der Waals surface area (Å²) in [4.78, 5) is 13.0. The quantitative estimate of drug-likeness (QED) is 0.302. The van der Waals surface area contributed by atoms with Gasteiger partial charge < -0.3 is 11.5 Å². The summed E-state index contributed by atoms with van der Waals surface area (Å²) in [6, 6.07) is 20.6. The highest BCUT2D eigenvalue weighted by Crippen LogP contribution is 2.23.